The third kappa shape index (κ3) is 4.70. The lowest BCUT2D eigenvalue weighted by Gasteiger charge is -2.09. The molecule has 0 fully saturated rings. The van der Waals surface area contributed by atoms with Gasteiger partial charge in [-0.25, -0.2) is 13.2 Å². The molecule has 2 N–H and O–H groups in total. The zero-order valence-electron chi connectivity index (χ0n) is 14.1. The Kier molecular flexibility index (Phi) is 6.13. The number of sulfonamides is 1. The fraction of sp³-hybridized carbons (Fsp3) is 0.111. The molecule has 26 heavy (non-hydrogen) atoms. The van der Waals surface area contributed by atoms with Gasteiger partial charge in [-0.2, -0.15) is 0 Å². The second-order valence-corrected chi connectivity index (χ2v) is 6.88. The highest BCUT2D eigenvalue weighted by atomic mass is 32.2. The maximum absolute atomic E-state index is 12.4. The van der Waals surface area contributed by atoms with Crippen LogP contribution in [0.2, 0.25) is 0 Å². The van der Waals surface area contributed by atoms with Crippen molar-refractivity contribution in [2.45, 2.75) is 4.90 Å². The van der Waals surface area contributed by atoms with Crippen molar-refractivity contribution in [3.05, 3.63) is 72.3 Å². The van der Waals surface area contributed by atoms with E-state index in [9.17, 15) is 18.0 Å². The molecule has 0 unspecified atom stereocenters. The summed E-state index contributed by atoms with van der Waals surface area (Å²) in [5.41, 5.74) is 0.948. The van der Waals surface area contributed by atoms with Gasteiger partial charge in [-0.3, -0.25) is 9.52 Å². The highest BCUT2D eigenvalue weighted by Crippen LogP contribution is 2.17. The Balaban J connectivity index is 2.13. The SMILES string of the molecule is C=CCNC(=O)c1ccc(S(=O)(=O)Nc2ccc(C(=O)OC)cc2)cc1. The lowest BCUT2D eigenvalue weighted by Crippen LogP contribution is -2.23. The predicted octanol–water partition coefficient (Wildman–Crippen LogP) is 2.19. The maximum atomic E-state index is 12.4. The van der Waals surface area contributed by atoms with Crippen molar-refractivity contribution >= 4 is 27.6 Å². The number of carbonyl (C=O) groups is 2. The van der Waals surface area contributed by atoms with Crippen LogP contribution in [0, 0.1) is 0 Å². The standard InChI is InChI=1S/C18H18N2O5S/c1-3-12-19-17(21)13-6-10-16(11-7-13)26(23,24)20-15-8-4-14(5-9-15)18(22)25-2/h3-11,20H,1,12H2,2H3,(H,19,21). The zero-order valence-corrected chi connectivity index (χ0v) is 14.9. The summed E-state index contributed by atoms with van der Waals surface area (Å²) in [7, 11) is -2.56. The van der Waals surface area contributed by atoms with Crippen LogP contribution < -0.4 is 10.0 Å². The summed E-state index contributed by atoms with van der Waals surface area (Å²) in [6.07, 6.45) is 1.55. The van der Waals surface area contributed by atoms with Crippen LogP contribution >= 0.6 is 0 Å². The van der Waals surface area contributed by atoms with Gasteiger partial charge in [0.1, 0.15) is 0 Å². The van der Waals surface area contributed by atoms with Crippen molar-refractivity contribution < 1.29 is 22.7 Å². The minimum absolute atomic E-state index is 0.00909. The summed E-state index contributed by atoms with van der Waals surface area (Å²) in [5.74, 6) is -0.829. The minimum atomic E-state index is -3.83. The van der Waals surface area contributed by atoms with Gasteiger partial charge in [-0.1, -0.05) is 6.08 Å². The van der Waals surface area contributed by atoms with Crippen molar-refractivity contribution in [3.63, 3.8) is 0 Å². The summed E-state index contributed by atoms with van der Waals surface area (Å²) in [6, 6.07) is 11.4. The van der Waals surface area contributed by atoms with Gasteiger partial charge in [-0.15, -0.1) is 6.58 Å². The second kappa shape index (κ2) is 8.30. The Bertz CT molecular complexity index is 904. The van der Waals surface area contributed by atoms with Gasteiger partial charge in [0, 0.05) is 17.8 Å². The number of carbonyl (C=O) groups excluding carboxylic acids is 2. The molecule has 0 aliphatic carbocycles. The Morgan fingerprint density at radius 1 is 1.04 bits per heavy atom. The van der Waals surface area contributed by atoms with E-state index in [0.717, 1.165) is 0 Å². The topological polar surface area (TPSA) is 102 Å². The van der Waals surface area contributed by atoms with E-state index < -0.39 is 16.0 Å². The third-order valence-corrected chi connectivity index (χ3v) is 4.79. The number of esters is 1. The number of amides is 1. The normalized spacial score (nSPS) is 10.7. The molecule has 0 aliphatic heterocycles. The lowest BCUT2D eigenvalue weighted by molar-refractivity contribution is 0.0600. The number of benzene rings is 2. The number of hydrogen-bond acceptors (Lipinski definition) is 5. The van der Waals surface area contributed by atoms with Gasteiger partial charge in [0.05, 0.1) is 17.6 Å². The lowest BCUT2D eigenvalue weighted by atomic mass is 10.2. The minimum Gasteiger partial charge on any atom is -0.465 e. The Hall–Kier alpha value is -3.13. The van der Waals surface area contributed by atoms with Crippen LogP contribution in [0.25, 0.3) is 0 Å². The van der Waals surface area contributed by atoms with Crippen molar-refractivity contribution in [1.82, 2.24) is 5.32 Å². The van der Waals surface area contributed by atoms with E-state index in [-0.39, 0.29) is 10.8 Å². The molecule has 0 heterocycles. The van der Waals surface area contributed by atoms with Gasteiger partial charge >= 0.3 is 5.97 Å². The third-order valence-electron chi connectivity index (χ3n) is 3.39. The molecule has 1 amide bonds. The molecule has 136 valence electrons. The molecule has 0 atom stereocenters. The molecular weight excluding hydrogens is 356 g/mol. The summed E-state index contributed by atoms with van der Waals surface area (Å²) in [5, 5.41) is 2.61. The van der Waals surface area contributed by atoms with Crippen LogP contribution in [0.1, 0.15) is 20.7 Å². The first-order valence-electron chi connectivity index (χ1n) is 7.57. The van der Waals surface area contributed by atoms with Crippen molar-refractivity contribution in [3.8, 4) is 0 Å². The van der Waals surface area contributed by atoms with E-state index in [1.807, 2.05) is 0 Å². The smallest absolute Gasteiger partial charge is 0.337 e. The molecule has 8 heteroatoms. The molecule has 2 rings (SSSR count). The van der Waals surface area contributed by atoms with Crippen LogP contribution in [0.15, 0.2) is 66.1 Å². The van der Waals surface area contributed by atoms with Crippen LogP contribution in [0.5, 0.6) is 0 Å². The first kappa shape index (κ1) is 19.2. The van der Waals surface area contributed by atoms with Gasteiger partial charge in [0.15, 0.2) is 0 Å². The van der Waals surface area contributed by atoms with Crippen molar-refractivity contribution in [2.75, 3.05) is 18.4 Å². The van der Waals surface area contributed by atoms with E-state index >= 15 is 0 Å². The van der Waals surface area contributed by atoms with Gasteiger partial charge in [0.25, 0.3) is 15.9 Å². The maximum Gasteiger partial charge on any atom is 0.337 e. The molecule has 0 spiro atoms. The zero-order chi connectivity index (χ0) is 19.2. The highest BCUT2D eigenvalue weighted by Gasteiger charge is 2.15. The average molecular weight is 374 g/mol. The number of anilines is 1. The van der Waals surface area contributed by atoms with Crippen LogP contribution in [0.3, 0.4) is 0 Å². The molecule has 0 radical (unpaired) electrons. The first-order valence-corrected chi connectivity index (χ1v) is 9.06. The quantitative estimate of drug-likeness (QED) is 0.571. The molecule has 0 aliphatic rings. The van der Waals surface area contributed by atoms with Gasteiger partial charge in [0.2, 0.25) is 0 Å². The van der Waals surface area contributed by atoms with E-state index in [1.54, 1.807) is 6.08 Å². The summed E-state index contributed by atoms with van der Waals surface area (Å²) < 4.78 is 31.8. The number of nitrogens with one attached hydrogen (secondary N) is 2. The first-order chi connectivity index (χ1) is 12.4. The average Bonchev–Trinajstić information content (AvgIpc) is 2.66. The van der Waals surface area contributed by atoms with Crippen LogP contribution in [-0.4, -0.2) is 33.9 Å². The van der Waals surface area contributed by atoms with Gasteiger partial charge in [-0.05, 0) is 48.5 Å². The second-order valence-electron chi connectivity index (χ2n) is 5.20. The fourth-order valence-corrected chi connectivity index (χ4v) is 3.12. The summed E-state index contributed by atoms with van der Waals surface area (Å²) in [4.78, 5) is 23.2. The number of methoxy groups -OCH3 is 1. The Morgan fingerprint density at radius 2 is 1.62 bits per heavy atom. The van der Waals surface area contributed by atoms with Crippen molar-refractivity contribution in [2.24, 2.45) is 0 Å². The molecule has 7 nitrogen and oxygen atoms in total. The molecule has 0 saturated heterocycles. The van der Waals surface area contributed by atoms with Crippen LogP contribution in [0.4, 0.5) is 5.69 Å². The number of rotatable bonds is 7. The largest absolute Gasteiger partial charge is 0.465 e. The Morgan fingerprint density at radius 3 is 2.15 bits per heavy atom. The van der Waals surface area contributed by atoms with E-state index in [0.29, 0.717) is 23.4 Å². The van der Waals surface area contributed by atoms with Gasteiger partial charge < -0.3 is 10.1 Å². The summed E-state index contributed by atoms with van der Waals surface area (Å²) in [6.45, 7) is 3.83. The fourth-order valence-electron chi connectivity index (χ4n) is 2.06. The molecule has 0 bridgehead atoms. The molecule has 2 aromatic carbocycles. The predicted molar refractivity (Wildman–Crippen MR) is 97.6 cm³/mol. The Labute approximate surface area is 151 Å². The highest BCUT2D eigenvalue weighted by molar-refractivity contribution is 7.92. The summed E-state index contributed by atoms with van der Waals surface area (Å²) >= 11 is 0. The van der Waals surface area contributed by atoms with E-state index in [4.69, 9.17) is 0 Å². The molecule has 2 aromatic rings. The van der Waals surface area contributed by atoms with Crippen molar-refractivity contribution in [1.29, 1.82) is 0 Å². The number of hydrogen-bond donors (Lipinski definition) is 2. The van der Waals surface area contributed by atoms with E-state index in [2.05, 4.69) is 21.4 Å². The van der Waals surface area contributed by atoms with Crippen LogP contribution in [-0.2, 0) is 14.8 Å². The monoisotopic (exact) mass is 374 g/mol. The molecule has 0 aromatic heterocycles. The van der Waals surface area contributed by atoms with E-state index in [1.165, 1.54) is 55.6 Å². The molecular formula is C18H18N2O5S. The number of ether oxygens (including phenoxy) is 1. The molecule has 0 saturated carbocycles.